The lowest BCUT2D eigenvalue weighted by molar-refractivity contribution is 0.504. The summed E-state index contributed by atoms with van der Waals surface area (Å²) < 4.78 is 0. The van der Waals surface area contributed by atoms with Crippen molar-refractivity contribution in [2.45, 2.75) is 6.92 Å². The number of hydrogen-bond donors (Lipinski definition) is 0. The Hall–Kier alpha value is -0.0400. The van der Waals surface area contributed by atoms with Crippen molar-refractivity contribution in [3.05, 3.63) is 6.54 Å². The summed E-state index contributed by atoms with van der Waals surface area (Å²) in [5.74, 6) is 0. The third-order valence-corrected chi connectivity index (χ3v) is 0.447. The zero-order chi connectivity index (χ0) is 4.28. The molecule has 0 heterocycles. The topological polar surface area (TPSA) is 3.24 Å². The van der Waals surface area contributed by atoms with E-state index in [0.717, 1.165) is 0 Å². The van der Waals surface area contributed by atoms with Crippen LogP contribution in [0, 0.1) is 6.54 Å². The maximum Gasteiger partial charge on any atom is 0.0575 e. The average Bonchev–Trinajstić information content (AvgIpc) is 1.38. The van der Waals surface area contributed by atoms with E-state index in [1.165, 1.54) is 0 Å². The maximum absolute atomic E-state index is 2.86. The molecule has 0 saturated heterocycles. The third-order valence-electron chi connectivity index (χ3n) is 0.447. The van der Waals surface area contributed by atoms with Crippen molar-refractivity contribution in [1.29, 1.82) is 0 Å². The zero-order valence-electron chi connectivity index (χ0n) is 3.95. The van der Waals surface area contributed by atoms with Crippen molar-refractivity contribution in [3.8, 4) is 0 Å². The lowest BCUT2D eigenvalue weighted by atomic mass is 10.7. The fourth-order valence-electron chi connectivity index (χ4n) is 0. The van der Waals surface area contributed by atoms with Crippen LogP contribution >= 0.6 is 0 Å². The quantitative estimate of drug-likeness (QED) is 0.409. The van der Waals surface area contributed by atoms with Crippen LogP contribution in [0.3, 0.4) is 0 Å². The van der Waals surface area contributed by atoms with Crippen LogP contribution in [0.2, 0.25) is 0 Å². The van der Waals surface area contributed by atoms with E-state index in [1.807, 2.05) is 25.9 Å². The fourth-order valence-corrected chi connectivity index (χ4v) is 0. The second kappa shape index (κ2) is 2.21. The Labute approximate surface area is 33.6 Å². The Morgan fingerprint density at radius 2 is 1.60 bits per heavy atom. The van der Waals surface area contributed by atoms with Gasteiger partial charge < -0.3 is 4.90 Å². The number of rotatable bonds is 1. The van der Waals surface area contributed by atoms with E-state index in [9.17, 15) is 0 Å². The molecule has 0 aromatic heterocycles. The summed E-state index contributed by atoms with van der Waals surface area (Å²) >= 11 is 0. The van der Waals surface area contributed by atoms with Gasteiger partial charge in [-0.05, 0) is 21.0 Å². The van der Waals surface area contributed by atoms with E-state index in [0.29, 0.717) is 0 Å². The largest absolute Gasteiger partial charge is 0.300 e. The molecule has 0 aliphatic rings. The summed E-state index contributed by atoms with van der Waals surface area (Å²) in [6, 6.07) is 0. The minimum atomic E-state index is 1.88. The van der Waals surface area contributed by atoms with Crippen molar-refractivity contribution in [2.75, 3.05) is 14.1 Å². The van der Waals surface area contributed by atoms with Crippen molar-refractivity contribution in [3.63, 3.8) is 0 Å². The first kappa shape index (κ1) is 4.96. The molecule has 30 valence electrons. The summed E-state index contributed by atoms with van der Waals surface area (Å²) in [6.45, 7) is 4.74. The van der Waals surface area contributed by atoms with E-state index in [2.05, 4.69) is 6.54 Å². The molecule has 0 saturated carbocycles. The zero-order valence-corrected chi connectivity index (χ0v) is 3.95. The Balaban J connectivity index is 2.54. The molecule has 0 aromatic carbocycles. The molecule has 0 atom stereocenters. The van der Waals surface area contributed by atoms with Gasteiger partial charge in [-0.25, -0.2) is 0 Å². The van der Waals surface area contributed by atoms with Gasteiger partial charge in [-0.2, -0.15) is 0 Å². The molecule has 1 heteroatoms. The van der Waals surface area contributed by atoms with Crippen LogP contribution in [0.4, 0.5) is 0 Å². The Kier molecular flexibility index (Phi) is 2.19. The van der Waals surface area contributed by atoms with Crippen LogP contribution in [-0.2, 0) is 0 Å². The van der Waals surface area contributed by atoms with E-state index in [4.69, 9.17) is 0 Å². The standard InChI is InChI=1S/C4H9N/c1-4-5(2)3/h1-3H3. The van der Waals surface area contributed by atoms with Crippen LogP contribution < -0.4 is 0 Å². The SMILES string of the molecule is C[C]N(C)C. The highest BCUT2D eigenvalue weighted by Gasteiger charge is 1.74. The lowest BCUT2D eigenvalue weighted by Gasteiger charge is -1.98. The van der Waals surface area contributed by atoms with Crippen LogP contribution in [0.25, 0.3) is 0 Å². The van der Waals surface area contributed by atoms with Gasteiger partial charge in [0.15, 0.2) is 0 Å². The molecule has 0 unspecified atom stereocenters. The third kappa shape index (κ3) is 3.96. The molecule has 0 spiro atoms. The van der Waals surface area contributed by atoms with Crippen LogP contribution in [-0.4, -0.2) is 19.0 Å². The molecule has 0 N–H and O–H groups in total. The Morgan fingerprint density at radius 1 is 1.40 bits per heavy atom. The highest BCUT2D eigenvalue weighted by Crippen LogP contribution is 1.72. The minimum absolute atomic E-state index is 1.88. The summed E-state index contributed by atoms with van der Waals surface area (Å²) in [5.41, 5.74) is 0. The first-order chi connectivity index (χ1) is 2.27. The molecule has 1 nitrogen and oxygen atoms in total. The molecule has 0 rings (SSSR count). The second-order valence-electron chi connectivity index (χ2n) is 1.12. The molecule has 0 amide bonds. The summed E-state index contributed by atoms with van der Waals surface area (Å²) in [7, 11) is 3.89. The highest BCUT2D eigenvalue weighted by atomic mass is 15.0. The summed E-state index contributed by atoms with van der Waals surface area (Å²) in [4.78, 5) is 1.88. The van der Waals surface area contributed by atoms with Gasteiger partial charge in [0.2, 0.25) is 0 Å². The van der Waals surface area contributed by atoms with Gasteiger partial charge in [0.1, 0.15) is 0 Å². The average molecular weight is 71.1 g/mol. The minimum Gasteiger partial charge on any atom is -0.300 e. The van der Waals surface area contributed by atoms with Gasteiger partial charge in [0.05, 0.1) is 6.54 Å². The van der Waals surface area contributed by atoms with Crippen molar-refractivity contribution in [1.82, 2.24) is 4.90 Å². The van der Waals surface area contributed by atoms with Crippen LogP contribution in [0.1, 0.15) is 6.92 Å². The van der Waals surface area contributed by atoms with E-state index in [-0.39, 0.29) is 0 Å². The summed E-state index contributed by atoms with van der Waals surface area (Å²) in [5, 5.41) is 0. The van der Waals surface area contributed by atoms with Gasteiger partial charge in [-0.3, -0.25) is 0 Å². The smallest absolute Gasteiger partial charge is 0.0575 e. The molecular weight excluding hydrogens is 62.1 g/mol. The predicted molar refractivity (Wildman–Crippen MR) is 22.6 cm³/mol. The Bertz CT molecular complexity index is 17.6. The van der Waals surface area contributed by atoms with Gasteiger partial charge in [0.25, 0.3) is 0 Å². The fraction of sp³-hybridized carbons (Fsp3) is 0.750. The molecule has 5 heavy (non-hydrogen) atoms. The lowest BCUT2D eigenvalue weighted by Crippen LogP contribution is -2.02. The molecular formula is C4H9N. The van der Waals surface area contributed by atoms with Gasteiger partial charge in [0, 0.05) is 0 Å². The van der Waals surface area contributed by atoms with Gasteiger partial charge in [-0.15, -0.1) is 0 Å². The number of hydrogen-bond acceptors (Lipinski definition) is 1. The molecule has 0 bridgehead atoms. The normalized spacial score (nSPS) is 9.60. The Morgan fingerprint density at radius 3 is 1.60 bits per heavy atom. The highest BCUT2D eigenvalue weighted by molar-refractivity contribution is 4.45. The van der Waals surface area contributed by atoms with Crippen molar-refractivity contribution in [2.24, 2.45) is 0 Å². The van der Waals surface area contributed by atoms with Crippen molar-refractivity contribution < 1.29 is 0 Å². The van der Waals surface area contributed by atoms with Crippen LogP contribution in [0.5, 0.6) is 0 Å². The predicted octanol–water partition coefficient (Wildman–Crippen LogP) is 0.607. The molecule has 2 radical (unpaired) electrons. The van der Waals surface area contributed by atoms with Gasteiger partial charge >= 0.3 is 0 Å². The van der Waals surface area contributed by atoms with Gasteiger partial charge in [-0.1, -0.05) is 0 Å². The van der Waals surface area contributed by atoms with E-state index >= 15 is 0 Å². The second-order valence-corrected chi connectivity index (χ2v) is 1.12. The monoisotopic (exact) mass is 71.1 g/mol. The molecule has 0 aromatic rings. The molecule has 0 fully saturated rings. The van der Waals surface area contributed by atoms with E-state index in [1.54, 1.807) is 0 Å². The van der Waals surface area contributed by atoms with E-state index < -0.39 is 0 Å². The van der Waals surface area contributed by atoms with Crippen molar-refractivity contribution >= 4 is 0 Å². The molecule has 0 aliphatic heterocycles. The number of nitrogens with zero attached hydrogens (tertiary/aromatic N) is 1. The van der Waals surface area contributed by atoms with Crippen LogP contribution in [0.15, 0.2) is 0 Å². The first-order valence-electron chi connectivity index (χ1n) is 1.62. The summed E-state index contributed by atoms with van der Waals surface area (Å²) in [6.07, 6.45) is 0. The maximum atomic E-state index is 2.86. The first-order valence-corrected chi connectivity index (χ1v) is 1.62. The molecule has 0 aliphatic carbocycles.